The van der Waals surface area contributed by atoms with Gasteiger partial charge in [-0.2, -0.15) is 0 Å². The van der Waals surface area contributed by atoms with Crippen LogP contribution in [0.4, 0.5) is 0 Å². The van der Waals surface area contributed by atoms with Gasteiger partial charge in [-0.25, -0.2) is 0 Å². The summed E-state index contributed by atoms with van der Waals surface area (Å²) in [6.45, 7) is 0.547. The average molecular weight is 410 g/mol. The number of carbonyl (C=O) groups is 1. The maximum atomic E-state index is 11.4. The van der Waals surface area contributed by atoms with Crippen LogP contribution in [0.2, 0.25) is 0 Å². The van der Waals surface area contributed by atoms with Crippen LogP contribution in [0, 0.1) is 0 Å². The molecule has 4 aromatic carbocycles. The van der Waals surface area contributed by atoms with E-state index in [2.05, 4.69) is 72.8 Å². The molecule has 30 heavy (non-hydrogen) atoms. The Morgan fingerprint density at radius 3 is 1.40 bits per heavy atom. The lowest BCUT2D eigenvalue weighted by Crippen LogP contribution is -2.25. The molecule has 4 heteroatoms. The van der Waals surface area contributed by atoms with Gasteiger partial charge in [0.05, 0.1) is 13.6 Å². The molecule has 0 aromatic heterocycles. The van der Waals surface area contributed by atoms with Crippen molar-refractivity contribution in [2.75, 3.05) is 0 Å². The Morgan fingerprint density at radius 1 is 0.633 bits per heavy atom. The van der Waals surface area contributed by atoms with Gasteiger partial charge < -0.3 is 5.73 Å². The summed E-state index contributed by atoms with van der Waals surface area (Å²) in [7, 11) is -2.22. The van der Waals surface area contributed by atoms with Crippen molar-refractivity contribution in [2.45, 2.75) is 6.54 Å². The molecule has 148 valence electrons. The number of hydrogen-bond donors (Lipinski definition) is 1. The van der Waals surface area contributed by atoms with Crippen molar-refractivity contribution in [3.05, 3.63) is 126 Å². The largest absolute Gasteiger partial charge is 0.366 e. The first kappa shape index (κ1) is 19.9. The number of benzene rings is 4. The van der Waals surface area contributed by atoms with Crippen LogP contribution in [0.25, 0.3) is 0 Å². The molecule has 4 aromatic rings. The Labute approximate surface area is 177 Å². The highest BCUT2D eigenvalue weighted by atomic mass is 31.2. The first-order valence-corrected chi connectivity index (χ1v) is 11.6. The van der Waals surface area contributed by atoms with Gasteiger partial charge >= 0.3 is 0 Å². The van der Waals surface area contributed by atoms with Crippen molar-refractivity contribution in [1.82, 2.24) is 0 Å². The summed E-state index contributed by atoms with van der Waals surface area (Å²) in [5.74, 6) is -0.418. The van der Waals surface area contributed by atoms with E-state index < -0.39 is 13.0 Å². The molecule has 0 radical (unpaired) electrons. The quantitative estimate of drug-likeness (QED) is 0.469. The van der Waals surface area contributed by atoms with E-state index in [9.17, 15) is 4.79 Å². The standard InChI is InChI=1S/C26H23N2OP/c27-26(29)22-18-16-21(17-19-22)20-28-30(23-10-4-1-5-11-23,24-12-6-2-7-13-24)25-14-8-3-9-15-25/h1-19H,20H2,(H2,27,29). The summed E-state index contributed by atoms with van der Waals surface area (Å²) in [6, 6.07) is 39.0. The fourth-order valence-electron chi connectivity index (χ4n) is 3.59. The van der Waals surface area contributed by atoms with Gasteiger partial charge in [0.2, 0.25) is 5.91 Å². The second kappa shape index (κ2) is 8.94. The predicted molar refractivity (Wildman–Crippen MR) is 126 cm³/mol. The molecule has 4 rings (SSSR count). The summed E-state index contributed by atoms with van der Waals surface area (Å²) >= 11 is 0. The van der Waals surface area contributed by atoms with Crippen molar-refractivity contribution in [2.24, 2.45) is 10.5 Å². The number of amides is 1. The molecule has 2 N–H and O–H groups in total. The number of primary amides is 1. The molecule has 0 heterocycles. The molecule has 0 atom stereocenters. The van der Waals surface area contributed by atoms with Crippen molar-refractivity contribution >= 4 is 28.9 Å². The van der Waals surface area contributed by atoms with Crippen LogP contribution in [-0.4, -0.2) is 5.91 Å². The Morgan fingerprint density at radius 2 is 1.03 bits per heavy atom. The van der Waals surface area contributed by atoms with Gasteiger partial charge in [0.25, 0.3) is 0 Å². The summed E-state index contributed by atoms with van der Waals surface area (Å²) in [4.78, 5) is 11.4. The maximum absolute atomic E-state index is 11.4. The minimum absolute atomic E-state index is 0.418. The highest BCUT2D eigenvalue weighted by molar-refractivity contribution is 7.87. The van der Waals surface area contributed by atoms with E-state index in [0.29, 0.717) is 12.1 Å². The molecule has 1 amide bonds. The molecule has 0 fully saturated rings. The second-order valence-corrected chi connectivity index (χ2v) is 10.1. The Balaban J connectivity index is 1.92. The van der Waals surface area contributed by atoms with Crippen LogP contribution in [0.3, 0.4) is 0 Å². The minimum Gasteiger partial charge on any atom is -0.366 e. The van der Waals surface area contributed by atoms with Gasteiger partial charge in [-0.05, 0) is 17.7 Å². The molecular weight excluding hydrogens is 387 g/mol. The van der Waals surface area contributed by atoms with Crippen LogP contribution in [0.15, 0.2) is 120 Å². The van der Waals surface area contributed by atoms with Crippen molar-refractivity contribution in [1.29, 1.82) is 0 Å². The Bertz CT molecular complexity index is 1070. The molecule has 0 unspecified atom stereocenters. The first-order chi connectivity index (χ1) is 14.7. The maximum Gasteiger partial charge on any atom is 0.248 e. The number of carbonyl (C=O) groups excluding carboxylic acids is 1. The number of rotatable bonds is 6. The zero-order valence-corrected chi connectivity index (χ0v) is 17.5. The van der Waals surface area contributed by atoms with Crippen molar-refractivity contribution < 1.29 is 4.79 Å². The molecule has 0 saturated heterocycles. The van der Waals surface area contributed by atoms with Crippen LogP contribution < -0.4 is 21.6 Å². The van der Waals surface area contributed by atoms with Gasteiger partial charge in [-0.1, -0.05) is 103 Å². The summed E-state index contributed by atoms with van der Waals surface area (Å²) in [5, 5.41) is 3.66. The fourth-order valence-corrected chi connectivity index (χ4v) is 7.16. The third kappa shape index (κ3) is 3.98. The van der Waals surface area contributed by atoms with Gasteiger partial charge in [0, 0.05) is 21.5 Å². The monoisotopic (exact) mass is 410 g/mol. The molecule has 0 bridgehead atoms. The van der Waals surface area contributed by atoms with Crippen LogP contribution in [-0.2, 0) is 6.54 Å². The zero-order chi connectivity index (χ0) is 20.8. The van der Waals surface area contributed by atoms with E-state index in [1.807, 2.05) is 30.3 Å². The van der Waals surface area contributed by atoms with E-state index in [-0.39, 0.29) is 0 Å². The van der Waals surface area contributed by atoms with Crippen LogP contribution in [0.1, 0.15) is 15.9 Å². The van der Waals surface area contributed by atoms with Gasteiger partial charge in [-0.3, -0.25) is 9.54 Å². The summed E-state index contributed by atoms with van der Waals surface area (Å²) < 4.78 is 5.41. The minimum atomic E-state index is -2.22. The van der Waals surface area contributed by atoms with E-state index in [4.69, 9.17) is 10.5 Å². The predicted octanol–water partition coefficient (Wildman–Crippen LogP) is 4.46. The molecule has 0 aliphatic carbocycles. The average Bonchev–Trinajstić information content (AvgIpc) is 2.82. The normalized spacial score (nSPS) is 11.1. The zero-order valence-electron chi connectivity index (χ0n) is 16.6. The van der Waals surface area contributed by atoms with Gasteiger partial charge in [0.1, 0.15) is 0 Å². The van der Waals surface area contributed by atoms with E-state index in [1.54, 1.807) is 12.1 Å². The van der Waals surface area contributed by atoms with E-state index >= 15 is 0 Å². The highest BCUT2D eigenvalue weighted by Gasteiger charge is 2.26. The summed E-state index contributed by atoms with van der Waals surface area (Å²) in [6.07, 6.45) is 0. The van der Waals surface area contributed by atoms with E-state index in [1.165, 1.54) is 15.9 Å². The first-order valence-electron chi connectivity index (χ1n) is 9.84. The number of hydrogen-bond acceptors (Lipinski definition) is 2. The molecule has 0 aliphatic rings. The SMILES string of the molecule is NC(=O)c1ccc(CN=P(c2ccccc2)(c2ccccc2)c2ccccc2)cc1. The lowest BCUT2D eigenvalue weighted by atomic mass is 10.1. The Hall–Kier alpha value is -3.42. The third-order valence-electron chi connectivity index (χ3n) is 5.09. The molecule has 0 aliphatic heterocycles. The molecule has 3 nitrogen and oxygen atoms in total. The molecule has 0 saturated carbocycles. The van der Waals surface area contributed by atoms with Gasteiger partial charge in [0.15, 0.2) is 0 Å². The lowest BCUT2D eigenvalue weighted by molar-refractivity contribution is 0.100. The highest BCUT2D eigenvalue weighted by Crippen LogP contribution is 2.46. The second-order valence-electron chi connectivity index (χ2n) is 7.00. The summed E-state index contributed by atoms with van der Waals surface area (Å²) in [5.41, 5.74) is 6.93. The lowest BCUT2D eigenvalue weighted by Gasteiger charge is -2.27. The fraction of sp³-hybridized carbons (Fsp3) is 0.0385. The van der Waals surface area contributed by atoms with Crippen molar-refractivity contribution in [3.63, 3.8) is 0 Å². The van der Waals surface area contributed by atoms with Gasteiger partial charge in [-0.15, -0.1) is 0 Å². The smallest absolute Gasteiger partial charge is 0.248 e. The third-order valence-corrected chi connectivity index (χ3v) is 8.80. The van der Waals surface area contributed by atoms with E-state index in [0.717, 1.165) is 5.56 Å². The van der Waals surface area contributed by atoms with Crippen LogP contribution >= 0.6 is 7.05 Å². The van der Waals surface area contributed by atoms with Crippen molar-refractivity contribution in [3.8, 4) is 0 Å². The Kier molecular flexibility index (Phi) is 5.92. The van der Waals surface area contributed by atoms with Crippen LogP contribution in [0.5, 0.6) is 0 Å². The topological polar surface area (TPSA) is 55.5 Å². The molecule has 0 spiro atoms. The number of nitrogens with two attached hydrogens (primary N) is 1. The number of nitrogens with zero attached hydrogens (tertiary/aromatic N) is 1. The molecular formula is C26H23N2OP.